The van der Waals surface area contributed by atoms with Gasteiger partial charge in [0.2, 0.25) is 10.0 Å². The molecule has 122 valence electrons. The van der Waals surface area contributed by atoms with Crippen LogP contribution in [0.25, 0.3) is 0 Å². The molecule has 0 aliphatic heterocycles. The van der Waals surface area contributed by atoms with Crippen LogP contribution in [-0.4, -0.2) is 25.9 Å². The van der Waals surface area contributed by atoms with Gasteiger partial charge in [0.25, 0.3) is 5.91 Å². The van der Waals surface area contributed by atoms with Gasteiger partial charge in [0.05, 0.1) is 17.9 Å². The predicted octanol–water partition coefficient (Wildman–Crippen LogP) is 2.39. The molecule has 1 heterocycles. The van der Waals surface area contributed by atoms with E-state index in [-0.39, 0.29) is 16.5 Å². The molecule has 0 fully saturated rings. The van der Waals surface area contributed by atoms with Gasteiger partial charge in [0, 0.05) is 6.20 Å². The zero-order valence-electron chi connectivity index (χ0n) is 12.3. The first kappa shape index (κ1) is 17.2. The summed E-state index contributed by atoms with van der Waals surface area (Å²) in [6, 6.07) is 9.46. The molecular formula is C15H15ClN2O4S. The van der Waals surface area contributed by atoms with Gasteiger partial charge < -0.3 is 4.74 Å². The van der Waals surface area contributed by atoms with Crippen LogP contribution in [0, 0.1) is 0 Å². The molecule has 1 aromatic carbocycles. The number of nitrogens with one attached hydrogen (secondary N) is 1. The second-order valence-corrected chi connectivity index (χ2v) is 6.72. The van der Waals surface area contributed by atoms with Crippen molar-refractivity contribution in [1.29, 1.82) is 0 Å². The molecule has 1 aromatic heterocycles. The minimum Gasteiger partial charge on any atom is -0.493 e. The van der Waals surface area contributed by atoms with Crippen LogP contribution < -0.4 is 9.46 Å². The summed E-state index contributed by atoms with van der Waals surface area (Å²) < 4.78 is 31.6. The summed E-state index contributed by atoms with van der Waals surface area (Å²) in [5, 5.41) is 0.265. The lowest BCUT2D eigenvalue weighted by Crippen LogP contribution is -2.32. The van der Waals surface area contributed by atoms with Crippen molar-refractivity contribution in [3.63, 3.8) is 0 Å². The number of carbonyl (C=O) groups excluding carboxylic acids is 1. The van der Waals surface area contributed by atoms with Crippen LogP contribution in [-0.2, 0) is 15.8 Å². The highest BCUT2D eigenvalue weighted by Crippen LogP contribution is 2.18. The van der Waals surface area contributed by atoms with Gasteiger partial charge in [-0.15, -0.1) is 0 Å². The number of ether oxygens (including phenoxy) is 1. The van der Waals surface area contributed by atoms with E-state index in [9.17, 15) is 13.2 Å². The number of pyridine rings is 1. The Balaban J connectivity index is 2.14. The Morgan fingerprint density at radius 1 is 1.26 bits per heavy atom. The van der Waals surface area contributed by atoms with Crippen LogP contribution in [0.5, 0.6) is 5.75 Å². The molecule has 6 nitrogen and oxygen atoms in total. The number of para-hydroxylation sites is 1. The Labute approximate surface area is 139 Å². The molecule has 1 N–H and O–H groups in total. The molecule has 8 heteroatoms. The van der Waals surface area contributed by atoms with Crippen molar-refractivity contribution in [3.8, 4) is 5.75 Å². The predicted molar refractivity (Wildman–Crippen MR) is 86.9 cm³/mol. The van der Waals surface area contributed by atoms with Gasteiger partial charge in [-0.2, -0.15) is 0 Å². The van der Waals surface area contributed by atoms with Crippen LogP contribution in [0.15, 0.2) is 42.6 Å². The number of carbonyl (C=O) groups is 1. The third-order valence-electron chi connectivity index (χ3n) is 2.83. The lowest BCUT2D eigenvalue weighted by molar-refractivity contribution is 0.0977. The van der Waals surface area contributed by atoms with E-state index in [1.54, 1.807) is 25.1 Å². The standard InChI is InChI=1S/C15H15ClN2O4S/c1-2-22-13-6-4-3-5-12(13)15(19)18-23(20,21)10-11-7-8-14(16)17-9-11/h3-9H,2,10H2,1H3,(H,18,19). The van der Waals surface area contributed by atoms with Crippen molar-refractivity contribution in [2.45, 2.75) is 12.7 Å². The van der Waals surface area contributed by atoms with Crippen LogP contribution >= 0.6 is 11.6 Å². The third kappa shape index (κ3) is 4.94. The van der Waals surface area contributed by atoms with E-state index in [2.05, 4.69) is 4.98 Å². The third-order valence-corrected chi connectivity index (χ3v) is 4.26. The van der Waals surface area contributed by atoms with Gasteiger partial charge in [-0.05, 0) is 30.7 Å². The summed E-state index contributed by atoms with van der Waals surface area (Å²) in [7, 11) is -3.86. The maximum absolute atomic E-state index is 12.2. The zero-order valence-corrected chi connectivity index (χ0v) is 13.9. The smallest absolute Gasteiger partial charge is 0.268 e. The average molecular weight is 355 g/mol. The maximum atomic E-state index is 12.2. The Hall–Kier alpha value is -2.12. The average Bonchev–Trinajstić information content (AvgIpc) is 2.50. The monoisotopic (exact) mass is 354 g/mol. The molecule has 0 bridgehead atoms. The van der Waals surface area contributed by atoms with Crippen molar-refractivity contribution in [3.05, 3.63) is 58.9 Å². The number of amides is 1. The Bertz CT molecular complexity index is 791. The van der Waals surface area contributed by atoms with E-state index in [0.717, 1.165) is 0 Å². The largest absolute Gasteiger partial charge is 0.493 e. The molecule has 0 saturated carbocycles. The number of nitrogens with zero attached hydrogens (tertiary/aromatic N) is 1. The molecule has 0 aliphatic rings. The first-order valence-electron chi connectivity index (χ1n) is 6.78. The summed E-state index contributed by atoms with van der Waals surface area (Å²) in [6.07, 6.45) is 1.35. The van der Waals surface area contributed by atoms with Gasteiger partial charge in [-0.25, -0.2) is 18.1 Å². The van der Waals surface area contributed by atoms with E-state index in [4.69, 9.17) is 16.3 Å². The summed E-state index contributed by atoms with van der Waals surface area (Å²) in [5.41, 5.74) is 0.583. The molecule has 0 atom stereocenters. The fourth-order valence-corrected chi connectivity index (χ4v) is 3.07. The number of hydrogen-bond acceptors (Lipinski definition) is 5. The normalized spacial score (nSPS) is 11.0. The molecule has 0 radical (unpaired) electrons. The second-order valence-electron chi connectivity index (χ2n) is 4.61. The lowest BCUT2D eigenvalue weighted by atomic mass is 10.2. The summed E-state index contributed by atoms with van der Waals surface area (Å²) in [4.78, 5) is 16.0. The van der Waals surface area contributed by atoms with Crippen LogP contribution in [0.3, 0.4) is 0 Å². The number of aromatic nitrogens is 1. The molecule has 0 spiro atoms. The van der Waals surface area contributed by atoms with Crippen molar-refractivity contribution in [2.75, 3.05) is 6.61 Å². The molecule has 0 unspecified atom stereocenters. The molecule has 2 rings (SSSR count). The van der Waals surface area contributed by atoms with E-state index < -0.39 is 15.9 Å². The number of halogens is 1. The van der Waals surface area contributed by atoms with Crippen molar-refractivity contribution in [2.24, 2.45) is 0 Å². The van der Waals surface area contributed by atoms with Crippen molar-refractivity contribution >= 4 is 27.5 Å². The first-order valence-corrected chi connectivity index (χ1v) is 8.81. The molecule has 0 saturated heterocycles. The number of rotatable bonds is 6. The van der Waals surface area contributed by atoms with Crippen molar-refractivity contribution in [1.82, 2.24) is 9.71 Å². The minimum absolute atomic E-state index is 0.159. The Morgan fingerprint density at radius 2 is 2.00 bits per heavy atom. The van der Waals surface area contributed by atoms with Crippen LogP contribution in [0.1, 0.15) is 22.8 Å². The maximum Gasteiger partial charge on any atom is 0.268 e. The molecule has 0 aliphatic carbocycles. The first-order chi connectivity index (χ1) is 10.9. The van der Waals surface area contributed by atoms with E-state index >= 15 is 0 Å². The Kier molecular flexibility index (Phi) is 5.57. The fraction of sp³-hybridized carbons (Fsp3) is 0.200. The molecule has 23 heavy (non-hydrogen) atoms. The molecular weight excluding hydrogens is 340 g/mol. The minimum atomic E-state index is -3.86. The van der Waals surface area contributed by atoms with Crippen LogP contribution in [0.2, 0.25) is 5.15 Å². The summed E-state index contributed by atoms with van der Waals surface area (Å²) in [6.45, 7) is 2.15. The quantitative estimate of drug-likeness (QED) is 0.805. The van der Waals surface area contributed by atoms with Gasteiger partial charge in [0.1, 0.15) is 10.9 Å². The zero-order chi connectivity index (χ0) is 16.9. The number of sulfonamides is 1. The fourth-order valence-electron chi connectivity index (χ4n) is 1.88. The highest BCUT2D eigenvalue weighted by molar-refractivity contribution is 7.89. The lowest BCUT2D eigenvalue weighted by Gasteiger charge is -2.11. The summed E-state index contributed by atoms with van der Waals surface area (Å²) in [5.74, 6) is -0.786. The molecule has 1 amide bonds. The number of hydrogen-bond donors (Lipinski definition) is 1. The van der Waals surface area contributed by atoms with Crippen molar-refractivity contribution < 1.29 is 17.9 Å². The van der Waals surface area contributed by atoms with Gasteiger partial charge in [0.15, 0.2) is 0 Å². The van der Waals surface area contributed by atoms with E-state index in [1.807, 2.05) is 4.72 Å². The van der Waals surface area contributed by atoms with E-state index in [0.29, 0.717) is 17.9 Å². The molecule has 2 aromatic rings. The van der Waals surface area contributed by atoms with Gasteiger partial charge in [-0.1, -0.05) is 29.8 Å². The highest BCUT2D eigenvalue weighted by Gasteiger charge is 2.19. The number of benzene rings is 1. The summed E-state index contributed by atoms with van der Waals surface area (Å²) >= 11 is 5.65. The van der Waals surface area contributed by atoms with Gasteiger partial charge >= 0.3 is 0 Å². The van der Waals surface area contributed by atoms with E-state index in [1.165, 1.54) is 24.4 Å². The van der Waals surface area contributed by atoms with Crippen LogP contribution in [0.4, 0.5) is 0 Å². The topological polar surface area (TPSA) is 85.4 Å². The highest BCUT2D eigenvalue weighted by atomic mass is 35.5. The second kappa shape index (κ2) is 7.43. The van der Waals surface area contributed by atoms with Gasteiger partial charge in [-0.3, -0.25) is 4.79 Å². The SMILES string of the molecule is CCOc1ccccc1C(=O)NS(=O)(=O)Cc1ccc(Cl)nc1. The Morgan fingerprint density at radius 3 is 2.65 bits per heavy atom.